The molecule has 0 N–H and O–H groups in total. The zero-order valence-corrected chi connectivity index (χ0v) is 15.4. The summed E-state index contributed by atoms with van der Waals surface area (Å²) in [5, 5.41) is 5.20. The topological polar surface area (TPSA) is 146 Å². The summed E-state index contributed by atoms with van der Waals surface area (Å²) in [7, 11) is -8.78. The maximum atomic E-state index is 12.1. The Balaban J connectivity index is 2.50. The van der Waals surface area contributed by atoms with Gasteiger partial charge in [0.05, 0.1) is 0 Å². The zero-order valence-electron chi connectivity index (χ0n) is 13.8. The van der Waals surface area contributed by atoms with E-state index in [2.05, 4.69) is 18.9 Å². The molecule has 0 bridgehead atoms. The Morgan fingerprint density at radius 3 is 1.39 bits per heavy atom. The lowest BCUT2D eigenvalue weighted by Gasteiger charge is -2.06. The molecule has 0 saturated heterocycles. The minimum atomic E-state index is -4.39. The Morgan fingerprint density at radius 1 is 0.679 bits per heavy atom. The molecule has 0 atom stereocenters. The predicted octanol–water partition coefficient (Wildman–Crippen LogP) is 1.77. The lowest BCUT2D eigenvalue weighted by atomic mass is 10.1. The molecule has 28 heavy (non-hydrogen) atoms. The van der Waals surface area contributed by atoms with E-state index in [-0.39, 0.29) is 20.9 Å². The van der Waals surface area contributed by atoms with Crippen LogP contribution in [0.5, 0.6) is 0 Å². The standard InChI is InChI=1S/C16H10N2O8S2/c19-11-17-25-27(21,22)15-7-3-1-5-13(15)9-10-14-6-2-4-8-16(14)28(23,24)26-18-12-20/h1-10H. The predicted molar refractivity (Wildman–Crippen MR) is 94.6 cm³/mol. The van der Waals surface area contributed by atoms with Gasteiger partial charge >= 0.3 is 20.2 Å². The van der Waals surface area contributed by atoms with Gasteiger partial charge in [-0.15, -0.1) is 0 Å². The summed E-state index contributed by atoms with van der Waals surface area (Å²) in [6, 6.07) is 11.2. The van der Waals surface area contributed by atoms with Crippen molar-refractivity contribution in [1.29, 1.82) is 0 Å². The van der Waals surface area contributed by atoms with E-state index in [1.54, 1.807) is 0 Å². The molecule has 0 saturated carbocycles. The van der Waals surface area contributed by atoms with E-state index in [4.69, 9.17) is 0 Å². The Morgan fingerprint density at radius 2 is 1.04 bits per heavy atom. The molecule has 2 rings (SSSR count). The molecule has 0 radical (unpaired) electrons. The SMILES string of the molecule is O=C=NOS(=O)(=O)c1ccccc1C=Cc1ccccc1S(=O)(=O)ON=C=O. The summed E-state index contributed by atoms with van der Waals surface area (Å²) in [6.45, 7) is 0. The van der Waals surface area contributed by atoms with Crippen LogP contribution < -0.4 is 0 Å². The first kappa shape index (κ1) is 20.7. The van der Waals surface area contributed by atoms with Crippen molar-refractivity contribution in [2.75, 3.05) is 0 Å². The van der Waals surface area contributed by atoms with E-state index in [0.717, 1.165) is 12.2 Å². The molecule has 2 aromatic carbocycles. The van der Waals surface area contributed by atoms with Crippen LogP contribution in [0.1, 0.15) is 11.1 Å². The molecular formula is C16H10N2O8S2. The number of hydrogen-bond acceptors (Lipinski definition) is 10. The first-order valence-corrected chi connectivity index (χ1v) is 10.0. The van der Waals surface area contributed by atoms with E-state index in [9.17, 15) is 26.4 Å². The lowest BCUT2D eigenvalue weighted by Crippen LogP contribution is -2.05. The van der Waals surface area contributed by atoms with E-state index >= 15 is 0 Å². The first-order chi connectivity index (χ1) is 13.3. The molecule has 0 aromatic heterocycles. The molecule has 0 aliphatic heterocycles. The van der Waals surface area contributed by atoms with Gasteiger partial charge in [0.15, 0.2) is 0 Å². The highest BCUT2D eigenvalue weighted by molar-refractivity contribution is 7.87. The van der Waals surface area contributed by atoms with Crippen molar-refractivity contribution >= 4 is 44.5 Å². The fourth-order valence-electron chi connectivity index (χ4n) is 2.08. The molecule has 0 aliphatic carbocycles. The minimum absolute atomic E-state index is 0.127. The average molecular weight is 422 g/mol. The number of carbonyl (C=O) groups excluding carboxylic acids is 2. The maximum absolute atomic E-state index is 12.1. The fourth-order valence-corrected chi connectivity index (χ4v) is 3.84. The van der Waals surface area contributed by atoms with Gasteiger partial charge in [-0.25, -0.2) is 9.59 Å². The highest BCUT2D eigenvalue weighted by Gasteiger charge is 2.21. The Bertz CT molecular complexity index is 1110. The van der Waals surface area contributed by atoms with E-state index in [1.165, 1.54) is 60.7 Å². The van der Waals surface area contributed by atoms with E-state index < -0.39 is 20.2 Å². The Hall–Kier alpha value is -3.56. The number of benzene rings is 2. The molecule has 2 aromatic rings. The van der Waals surface area contributed by atoms with Gasteiger partial charge in [0.2, 0.25) is 0 Å². The first-order valence-electron chi connectivity index (χ1n) is 7.19. The Kier molecular flexibility index (Phi) is 6.59. The van der Waals surface area contributed by atoms with Crippen molar-refractivity contribution in [3.8, 4) is 0 Å². The van der Waals surface area contributed by atoms with Gasteiger partial charge in [-0.1, -0.05) is 48.6 Å². The number of rotatable bonds is 8. The van der Waals surface area contributed by atoms with Crippen LogP contribution in [0.3, 0.4) is 0 Å². The second-order valence-corrected chi connectivity index (χ2v) is 7.83. The lowest BCUT2D eigenvalue weighted by molar-refractivity contribution is 0.334. The van der Waals surface area contributed by atoms with Gasteiger partial charge in [-0.3, -0.25) is 8.57 Å². The van der Waals surface area contributed by atoms with Gasteiger partial charge < -0.3 is 0 Å². The zero-order chi connectivity index (χ0) is 20.6. The van der Waals surface area contributed by atoms with Crippen molar-refractivity contribution in [1.82, 2.24) is 0 Å². The van der Waals surface area contributed by atoms with E-state index in [1.807, 2.05) is 0 Å². The summed E-state index contributed by atoms with van der Waals surface area (Å²) in [4.78, 5) is 19.6. The third-order valence-corrected chi connectivity index (χ3v) is 5.53. The molecule has 144 valence electrons. The molecule has 10 nitrogen and oxygen atoms in total. The van der Waals surface area contributed by atoms with Crippen LogP contribution in [-0.4, -0.2) is 29.0 Å². The van der Waals surface area contributed by atoms with Crippen molar-refractivity contribution in [2.24, 2.45) is 10.3 Å². The average Bonchev–Trinajstić information content (AvgIpc) is 2.69. The van der Waals surface area contributed by atoms with Crippen molar-refractivity contribution in [3.05, 3.63) is 59.7 Å². The molecule has 0 spiro atoms. The summed E-state index contributed by atoms with van der Waals surface area (Å²) >= 11 is 0. The van der Waals surface area contributed by atoms with Gasteiger partial charge in [-0.2, -0.15) is 16.8 Å². The summed E-state index contributed by atoms with van der Waals surface area (Å²) in [5.74, 6) is 0. The fraction of sp³-hybridized carbons (Fsp3) is 0. The normalized spacial score (nSPS) is 11.3. The molecule has 0 aliphatic rings. The van der Waals surface area contributed by atoms with Crippen molar-refractivity contribution < 1.29 is 35.0 Å². The molecule has 0 fully saturated rings. The second kappa shape index (κ2) is 8.89. The molecule has 12 heteroatoms. The summed E-state index contributed by atoms with van der Waals surface area (Å²) in [6.07, 6.45) is 4.51. The molecular weight excluding hydrogens is 412 g/mol. The third-order valence-electron chi connectivity index (χ3n) is 3.16. The van der Waals surface area contributed by atoms with Crippen LogP contribution in [0, 0.1) is 0 Å². The largest absolute Gasteiger partial charge is 0.359 e. The maximum Gasteiger partial charge on any atom is 0.359 e. The van der Waals surface area contributed by atoms with Crippen LogP contribution in [0.15, 0.2) is 68.6 Å². The highest BCUT2D eigenvalue weighted by Crippen LogP contribution is 2.23. The van der Waals surface area contributed by atoms with Gasteiger partial charge in [0.25, 0.3) is 12.2 Å². The smallest absolute Gasteiger partial charge is 0.253 e. The molecule has 0 heterocycles. The minimum Gasteiger partial charge on any atom is -0.253 e. The van der Waals surface area contributed by atoms with Crippen LogP contribution in [0.2, 0.25) is 0 Å². The third kappa shape index (κ3) is 5.00. The van der Waals surface area contributed by atoms with Crippen LogP contribution >= 0.6 is 0 Å². The highest BCUT2D eigenvalue weighted by atomic mass is 32.2. The number of hydrogen-bond donors (Lipinski definition) is 0. The number of isocyanates is 2. The van der Waals surface area contributed by atoms with Crippen molar-refractivity contribution in [2.45, 2.75) is 9.79 Å². The van der Waals surface area contributed by atoms with Crippen molar-refractivity contribution in [3.63, 3.8) is 0 Å². The summed E-state index contributed by atoms with van der Waals surface area (Å²) < 4.78 is 56.6. The Labute approximate surface area is 159 Å². The molecule has 0 amide bonds. The van der Waals surface area contributed by atoms with Gasteiger partial charge in [-0.05, 0) is 23.3 Å². The second-order valence-electron chi connectivity index (χ2n) is 4.83. The summed E-state index contributed by atoms with van der Waals surface area (Å²) in [5.41, 5.74) is 0.255. The van der Waals surface area contributed by atoms with Crippen LogP contribution in [0.4, 0.5) is 0 Å². The van der Waals surface area contributed by atoms with Crippen LogP contribution in [0.25, 0.3) is 12.2 Å². The quantitative estimate of drug-likeness (QED) is 0.271. The van der Waals surface area contributed by atoms with Gasteiger partial charge in [0, 0.05) is 10.3 Å². The van der Waals surface area contributed by atoms with Gasteiger partial charge in [0.1, 0.15) is 9.79 Å². The van der Waals surface area contributed by atoms with Crippen LogP contribution in [-0.2, 0) is 38.4 Å². The van der Waals surface area contributed by atoms with E-state index in [0.29, 0.717) is 0 Å². The number of nitrogens with zero attached hydrogens (tertiary/aromatic N) is 2. The monoisotopic (exact) mass is 422 g/mol. The molecule has 0 unspecified atom stereocenters.